The molecule has 0 bridgehead atoms. The van der Waals surface area contributed by atoms with E-state index in [1.54, 1.807) is 6.07 Å². The SMILES string of the molecule is CCCCN1CCC(NCc2ccc(O)c(O)c2O)CC1. The standard InChI is InChI=1S/C16H26N2O3/c1-2-3-8-18-9-6-13(7-10-18)17-11-12-4-5-14(19)16(21)15(12)20/h4-5,13,17,19-21H,2-3,6-11H2,1H3. The number of piperidine rings is 1. The van der Waals surface area contributed by atoms with Crippen molar-refractivity contribution in [2.24, 2.45) is 0 Å². The van der Waals surface area contributed by atoms with Crippen molar-refractivity contribution in [2.45, 2.75) is 45.2 Å². The molecule has 0 atom stereocenters. The van der Waals surface area contributed by atoms with Crippen molar-refractivity contribution < 1.29 is 15.3 Å². The predicted octanol–water partition coefficient (Wildman–Crippen LogP) is 2.16. The van der Waals surface area contributed by atoms with Gasteiger partial charge in [0.1, 0.15) is 0 Å². The Kier molecular flexibility index (Phi) is 5.70. The molecule has 1 aliphatic rings. The van der Waals surface area contributed by atoms with Gasteiger partial charge in [-0.05, 0) is 45.0 Å². The van der Waals surface area contributed by atoms with Gasteiger partial charge in [-0.1, -0.05) is 19.4 Å². The van der Waals surface area contributed by atoms with E-state index in [-0.39, 0.29) is 11.5 Å². The van der Waals surface area contributed by atoms with Gasteiger partial charge in [-0.15, -0.1) is 0 Å². The zero-order valence-corrected chi connectivity index (χ0v) is 12.7. The number of aromatic hydroxyl groups is 3. The number of hydrogen-bond donors (Lipinski definition) is 4. The zero-order valence-electron chi connectivity index (χ0n) is 12.7. The van der Waals surface area contributed by atoms with Crippen LogP contribution in [0, 0.1) is 0 Å². The van der Waals surface area contributed by atoms with E-state index in [4.69, 9.17) is 0 Å². The normalized spacial score (nSPS) is 17.2. The van der Waals surface area contributed by atoms with Crippen molar-refractivity contribution in [3.63, 3.8) is 0 Å². The highest BCUT2D eigenvalue weighted by Crippen LogP contribution is 2.36. The van der Waals surface area contributed by atoms with Crippen molar-refractivity contribution in [2.75, 3.05) is 19.6 Å². The maximum atomic E-state index is 9.79. The molecule has 1 fully saturated rings. The summed E-state index contributed by atoms with van der Waals surface area (Å²) in [6, 6.07) is 3.48. The molecular weight excluding hydrogens is 268 g/mol. The second-order valence-corrected chi connectivity index (χ2v) is 5.79. The average molecular weight is 294 g/mol. The molecule has 0 radical (unpaired) electrons. The Balaban J connectivity index is 1.79. The van der Waals surface area contributed by atoms with Gasteiger partial charge in [-0.3, -0.25) is 0 Å². The molecule has 1 heterocycles. The molecule has 0 spiro atoms. The fourth-order valence-corrected chi connectivity index (χ4v) is 2.75. The van der Waals surface area contributed by atoms with Gasteiger partial charge >= 0.3 is 0 Å². The third-order valence-corrected chi connectivity index (χ3v) is 4.21. The van der Waals surface area contributed by atoms with E-state index in [2.05, 4.69) is 17.1 Å². The van der Waals surface area contributed by atoms with E-state index in [1.807, 2.05) is 0 Å². The Morgan fingerprint density at radius 1 is 1.14 bits per heavy atom. The molecule has 0 amide bonds. The van der Waals surface area contributed by atoms with Gasteiger partial charge < -0.3 is 25.5 Å². The van der Waals surface area contributed by atoms with Crippen LogP contribution in [-0.2, 0) is 6.54 Å². The average Bonchev–Trinajstić information content (AvgIpc) is 2.51. The first-order valence-corrected chi connectivity index (χ1v) is 7.80. The first kappa shape index (κ1) is 15.9. The maximum absolute atomic E-state index is 9.79. The van der Waals surface area contributed by atoms with E-state index in [0.717, 1.165) is 25.9 Å². The summed E-state index contributed by atoms with van der Waals surface area (Å²) in [6.45, 7) is 6.14. The molecule has 0 unspecified atom stereocenters. The Morgan fingerprint density at radius 3 is 2.52 bits per heavy atom. The fourth-order valence-electron chi connectivity index (χ4n) is 2.75. The van der Waals surface area contributed by atoms with E-state index in [1.165, 1.54) is 25.5 Å². The number of nitrogens with one attached hydrogen (secondary N) is 1. The summed E-state index contributed by atoms with van der Waals surface area (Å²) in [4.78, 5) is 2.51. The molecule has 1 saturated heterocycles. The van der Waals surface area contributed by atoms with Crippen LogP contribution >= 0.6 is 0 Å². The van der Waals surface area contributed by atoms with Crippen LogP contribution in [0.25, 0.3) is 0 Å². The number of unbranched alkanes of at least 4 members (excludes halogenated alkanes) is 1. The van der Waals surface area contributed by atoms with E-state index >= 15 is 0 Å². The summed E-state index contributed by atoms with van der Waals surface area (Å²) in [5, 5.41) is 32.0. The number of likely N-dealkylation sites (tertiary alicyclic amines) is 1. The summed E-state index contributed by atoms with van der Waals surface area (Å²) in [6.07, 6.45) is 4.71. The van der Waals surface area contributed by atoms with Crippen LogP contribution in [0.3, 0.4) is 0 Å². The van der Waals surface area contributed by atoms with Crippen molar-refractivity contribution in [3.05, 3.63) is 17.7 Å². The molecule has 4 N–H and O–H groups in total. The minimum Gasteiger partial charge on any atom is -0.504 e. The van der Waals surface area contributed by atoms with Gasteiger partial charge in [-0.2, -0.15) is 0 Å². The van der Waals surface area contributed by atoms with Crippen molar-refractivity contribution >= 4 is 0 Å². The lowest BCUT2D eigenvalue weighted by molar-refractivity contribution is 0.194. The van der Waals surface area contributed by atoms with Crippen LogP contribution in [0.4, 0.5) is 0 Å². The number of phenols is 3. The maximum Gasteiger partial charge on any atom is 0.200 e. The van der Waals surface area contributed by atoms with Gasteiger partial charge in [0.05, 0.1) is 0 Å². The van der Waals surface area contributed by atoms with E-state index < -0.39 is 5.75 Å². The summed E-state index contributed by atoms with van der Waals surface area (Å²) >= 11 is 0. The molecule has 5 nitrogen and oxygen atoms in total. The van der Waals surface area contributed by atoms with Gasteiger partial charge in [0.15, 0.2) is 11.5 Å². The molecule has 0 aliphatic carbocycles. The first-order chi connectivity index (χ1) is 10.1. The second-order valence-electron chi connectivity index (χ2n) is 5.79. The molecule has 1 aromatic rings. The molecular formula is C16H26N2O3. The Hall–Kier alpha value is -1.46. The van der Waals surface area contributed by atoms with Gasteiger partial charge in [0, 0.05) is 18.2 Å². The minimum atomic E-state index is -0.441. The van der Waals surface area contributed by atoms with Gasteiger partial charge in [-0.25, -0.2) is 0 Å². The molecule has 1 aliphatic heterocycles. The number of hydrogen-bond acceptors (Lipinski definition) is 5. The molecule has 118 valence electrons. The smallest absolute Gasteiger partial charge is 0.200 e. The lowest BCUT2D eigenvalue weighted by Gasteiger charge is -2.32. The topological polar surface area (TPSA) is 76.0 Å². The monoisotopic (exact) mass is 294 g/mol. The molecule has 5 heteroatoms. The van der Waals surface area contributed by atoms with Crippen LogP contribution in [0.5, 0.6) is 17.2 Å². The summed E-state index contributed by atoms with van der Waals surface area (Å²) in [7, 11) is 0. The predicted molar refractivity (Wildman–Crippen MR) is 82.6 cm³/mol. The second kappa shape index (κ2) is 7.52. The van der Waals surface area contributed by atoms with Crippen molar-refractivity contribution in [3.8, 4) is 17.2 Å². The summed E-state index contributed by atoms with van der Waals surface area (Å²) < 4.78 is 0. The Bertz CT molecular complexity index is 457. The van der Waals surface area contributed by atoms with Gasteiger partial charge in [0.25, 0.3) is 0 Å². The van der Waals surface area contributed by atoms with Crippen LogP contribution < -0.4 is 5.32 Å². The quantitative estimate of drug-likeness (QED) is 0.605. The lowest BCUT2D eigenvalue weighted by Crippen LogP contribution is -2.42. The molecule has 1 aromatic carbocycles. The van der Waals surface area contributed by atoms with Crippen LogP contribution in [0.15, 0.2) is 12.1 Å². The van der Waals surface area contributed by atoms with Crippen LogP contribution in [0.2, 0.25) is 0 Å². The zero-order chi connectivity index (χ0) is 15.2. The molecule has 0 aromatic heterocycles. The Morgan fingerprint density at radius 2 is 1.86 bits per heavy atom. The van der Waals surface area contributed by atoms with E-state index in [9.17, 15) is 15.3 Å². The number of phenolic OH excluding ortho intramolecular Hbond substituents is 3. The highest BCUT2D eigenvalue weighted by atomic mass is 16.3. The minimum absolute atomic E-state index is 0.233. The fraction of sp³-hybridized carbons (Fsp3) is 0.625. The molecule has 0 saturated carbocycles. The Labute approximate surface area is 126 Å². The third-order valence-electron chi connectivity index (χ3n) is 4.21. The summed E-state index contributed by atoms with van der Waals surface area (Å²) in [5.41, 5.74) is 0.610. The van der Waals surface area contributed by atoms with E-state index in [0.29, 0.717) is 18.2 Å². The van der Waals surface area contributed by atoms with Gasteiger partial charge in [0.2, 0.25) is 5.75 Å². The van der Waals surface area contributed by atoms with Crippen molar-refractivity contribution in [1.82, 2.24) is 10.2 Å². The molecule has 21 heavy (non-hydrogen) atoms. The lowest BCUT2D eigenvalue weighted by atomic mass is 10.0. The highest BCUT2D eigenvalue weighted by molar-refractivity contribution is 5.53. The number of rotatable bonds is 6. The first-order valence-electron chi connectivity index (χ1n) is 7.80. The molecule has 2 rings (SSSR count). The van der Waals surface area contributed by atoms with Crippen LogP contribution in [-0.4, -0.2) is 45.9 Å². The largest absolute Gasteiger partial charge is 0.504 e. The van der Waals surface area contributed by atoms with Crippen LogP contribution in [0.1, 0.15) is 38.2 Å². The van der Waals surface area contributed by atoms with Crippen molar-refractivity contribution in [1.29, 1.82) is 0 Å². The third kappa shape index (κ3) is 4.25. The number of nitrogens with zero attached hydrogens (tertiary/aromatic N) is 1. The summed E-state index contributed by atoms with van der Waals surface area (Å²) in [5.74, 6) is -0.966. The number of benzene rings is 1. The highest BCUT2D eigenvalue weighted by Gasteiger charge is 2.19.